The summed E-state index contributed by atoms with van der Waals surface area (Å²) in [5.74, 6) is 0.326. The van der Waals surface area contributed by atoms with E-state index in [4.69, 9.17) is 4.74 Å². The van der Waals surface area contributed by atoms with Crippen LogP contribution in [0.15, 0.2) is 66.7 Å². The first-order valence-electron chi connectivity index (χ1n) is 8.49. The lowest BCUT2D eigenvalue weighted by molar-refractivity contribution is -0.384. The average Bonchev–Trinajstić information content (AvgIpc) is 2.71. The van der Waals surface area contributed by atoms with E-state index in [1.807, 2.05) is 6.07 Å². The van der Waals surface area contributed by atoms with Crippen LogP contribution in [0.4, 0.5) is 10.1 Å². The Bertz CT molecular complexity index is 1140. The molecule has 0 fully saturated rings. The van der Waals surface area contributed by atoms with Crippen LogP contribution < -0.4 is 4.74 Å². The van der Waals surface area contributed by atoms with Gasteiger partial charge in [0.2, 0.25) is 0 Å². The summed E-state index contributed by atoms with van der Waals surface area (Å²) in [6.07, 6.45) is 1.66. The van der Waals surface area contributed by atoms with Gasteiger partial charge in [0.05, 0.1) is 20.1 Å². The summed E-state index contributed by atoms with van der Waals surface area (Å²) in [6.45, 7) is 0.236. The third-order valence-electron chi connectivity index (χ3n) is 4.04. The van der Waals surface area contributed by atoms with Crippen molar-refractivity contribution < 1.29 is 14.1 Å². The second kappa shape index (κ2) is 9.30. The van der Waals surface area contributed by atoms with Gasteiger partial charge in [-0.05, 0) is 69.6 Å². The number of benzene rings is 3. The standard InChI is InChI=1S/C22H14FIN2O3/c23-19-5-1-3-16(10-19)14-29-22-8-7-15(11-21(22)24)9-18(13-25)17-4-2-6-20(12-17)26(27)28/h1-12H,14H2/b18-9-. The van der Waals surface area contributed by atoms with Crippen LogP contribution in [0.3, 0.4) is 0 Å². The quantitative estimate of drug-likeness (QED) is 0.137. The molecule has 0 radical (unpaired) electrons. The molecular formula is C22H14FIN2O3. The molecule has 0 heterocycles. The van der Waals surface area contributed by atoms with E-state index in [9.17, 15) is 19.8 Å². The minimum absolute atomic E-state index is 0.0701. The normalized spacial score (nSPS) is 11.0. The first-order chi connectivity index (χ1) is 14.0. The molecule has 7 heteroatoms. The molecule has 5 nitrogen and oxygen atoms in total. The molecule has 0 N–H and O–H groups in total. The van der Waals surface area contributed by atoms with Gasteiger partial charge in [0.1, 0.15) is 18.2 Å². The second-order valence-corrected chi connectivity index (χ2v) is 7.25. The number of allylic oxidation sites excluding steroid dienone is 1. The summed E-state index contributed by atoms with van der Waals surface area (Å²) in [4.78, 5) is 10.5. The maximum atomic E-state index is 13.3. The number of halogens is 2. The largest absolute Gasteiger partial charge is 0.488 e. The van der Waals surface area contributed by atoms with E-state index >= 15 is 0 Å². The maximum absolute atomic E-state index is 13.3. The highest BCUT2D eigenvalue weighted by Gasteiger charge is 2.10. The van der Waals surface area contributed by atoms with Crippen LogP contribution in [0.1, 0.15) is 16.7 Å². The first kappa shape index (κ1) is 20.5. The van der Waals surface area contributed by atoms with Crippen LogP contribution in [0.5, 0.6) is 5.75 Å². The molecule has 0 aromatic heterocycles. The Morgan fingerprint density at radius 3 is 2.66 bits per heavy atom. The third-order valence-corrected chi connectivity index (χ3v) is 4.88. The molecule has 0 aliphatic rings. The molecule has 0 aliphatic heterocycles. The molecule has 144 valence electrons. The average molecular weight is 500 g/mol. The molecule has 0 unspecified atom stereocenters. The first-order valence-corrected chi connectivity index (χ1v) is 9.57. The lowest BCUT2D eigenvalue weighted by Gasteiger charge is -2.09. The van der Waals surface area contributed by atoms with Crippen LogP contribution in [0, 0.1) is 30.8 Å². The third kappa shape index (κ3) is 5.39. The van der Waals surface area contributed by atoms with Crippen molar-refractivity contribution in [1.29, 1.82) is 5.26 Å². The summed E-state index contributed by atoms with van der Waals surface area (Å²) in [7, 11) is 0. The van der Waals surface area contributed by atoms with E-state index in [0.29, 0.717) is 16.9 Å². The highest BCUT2D eigenvalue weighted by molar-refractivity contribution is 14.1. The maximum Gasteiger partial charge on any atom is 0.270 e. The van der Waals surface area contributed by atoms with Crippen molar-refractivity contribution in [3.8, 4) is 11.8 Å². The van der Waals surface area contributed by atoms with E-state index in [1.165, 1.54) is 24.3 Å². The number of non-ortho nitro benzene ring substituents is 1. The number of nitrogens with zero attached hydrogens (tertiary/aromatic N) is 2. The minimum Gasteiger partial charge on any atom is -0.488 e. The topological polar surface area (TPSA) is 76.2 Å². The molecule has 0 saturated carbocycles. The Hall–Kier alpha value is -3.25. The van der Waals surface area contributed by atoms with Gasteiger partial charge in [-0.25, -0.2) is 4.39 Å². The van der Waals surface area contributed by atoms with Crippen molar-refractivity contribution in [2.75, 3.05) is 0 Å². The molecule has 0 atom stereocenters. The van der Waals surface area contributed by atoms with Gasteiger partial charge in [-0.1, -0.05) is 30.3 Å². The second-order valence-electron chi connectivity index (χ2n) is 6.09. The summed E-state index contributed by atoms with van der Waals surface area (Å²) in [5, 5.41) is 20.4. The fourth-order valence-corrected chi connectivity index (χ4v) is 3.34. The number of ether oxygens (including phenoxy) is 1. The molecule has 0 bridgehead atoms. The van der Waals surface area contributed by atoms with Crippen molar-refractivity contribution in [2.45, 2.75) is 6.61 Å². The van der Waals surface area contributed by atoms with Gasteiger partial charge in [-0.2, -0.15) is 5.26 Å². The lowest BCUT2D eigenvalue weighted by atomic mass is 10.0. The Morgan fingerprint density at radius 1 is 1.17 bits per heavy atom. The smallest absolute Gasteiger partial charge is 0.270 e. The Labute approximate surface area is 180 Å². The van der Waals surface area contributed by atoms with Crippen LogP contribution in [-0.2, 0) is 6.61 Å². The zero-order chi connectivity index (χ0) is 20.8. The summed E-state index contributed by atoms with van der Waals surface area (Å²) >= 11 is 2.12. The van der Waals surface area contributed by atoms with E-state index < -0.39 is 4.92 Å². The predicted molar refractivity (Wildman–Crippen MR) is 116 cm³/mol. The molecule has 0 spiro atoms. The summed E-state index contributed by atoms with van der Waals surface area (Å²) < 4.78 is 19.8. The molecular weight excluding hydrogens is 486 g/mol. The van der Waals surface area contributed by atoms with Crippen LogP contribution >= 0.6 is 22.6 Å². The van der Waals surface area contributed by atoms with Crippen molar-refractivity contribution in [3.05, 3.63) is 103 Å². The van der Waals surface area contributed by atoms with Crippen molar-refractivity contribution >= 4 is 39.9 Å². The Kier molecular flexibility index (Phi) is 6.57. The number of hydrogen-bond donors (Lipinski definition) is 0. The van der Waals surface area contributed by atoms with Gasteiger partial charge < -0.3 is 4.74 Å². The van der Waals surface area contributed by atoms with E-state index in [2.05, 4.69) is 28.7 Å². The van der Waals surface area contributed by atoms with Gasteiger partial charge in [0, 0.05) is 12.1 Å². The Morgan fingerprint density at radius 2 is 1.97 bits per heavy atom. The van der Waals surface area contributed by atoms with Gasteiger partial charge in [-0.15, -0.1) is 0 Å². The lowest BCUT2D eigenvalue weighted by Crippen LogP contribution is -1.97. The van der Waals surface area contributed by atoms with E-state index in [-0.39, 0.29) is 18.1 Å². The minimum atomic E-state index is -0.494. The van der Waals surface area contributed by atoms with Gasteiger partial charge in [-0.3, -0.25) is 10.1 Å². The van der Waals surface area contributed by atoms with Crippen molar-refractivity contribution in [1.82, 2.24) is 0 Å². The molecule has 29 heavy (non-hydrogen) atoms. The molecule has 3 rings (SSSR count). The number of nitriles is 1. The van der Waals surface area contributed by atoms with Crippen LogP contribution in [0.25, 0.3) is 11.6 Å². The van der Waals surface area contributed by atoms with Crippen molar-refractivity contribution in [3.63, 3.8) is 0 Å². The number of nitro groups is 1. The summed E-state index contributed by atoms with van der Waals surface area (Å²) in [6, 6.07) is 19.7. The number of hydrogen-bond acceptors (Lipinski definition) is 4. The fourth-order valence-electron chi connectivity index (χ4n) is 2.65. The monoisotopic (exact) mass is 500 g/mol. The SMILES string of the molecule is N#C/C(=C/c1ccc(OCc2cccc(F)c2)c(I)c1)c1cccc([N+](=O)[O-])c1. The summed E-state index contributed by atoms with van der Waals surface area (Å²) in [5.41, 5.74) is 2.21. The fraction of sp³-hybridized carbons (Fsp3) is 0.0455. The van der Waals surface area contributed by atoms with Crippen LogP contribution in [-0.4, -0.2) is 4.92 Å². The highest BCUT2D eigenvalue weighted by Crippen LogP contribution is 2.27. The van der Waals surface area contributed by atoms with E-state index in [0.717, 1.165) is 14.7 Å². The zero-order valence-corrected chi connectivity index (χ0v) is 17.2. The highest BCUT2D eigenvalue weighted by atomic mass is 127. The predicted octanol–water partition coefficient (Wildman–Crippen LogP) is 5.98. The molecule has 3 aromatic rings. The number of rotatable bonds is 6. The van der Waals surface area contributed by atoms with Gasteiger partial charge in [0.15, 0.2) is 0 Å². The Balaban J connectivity index is 1.80. The molecule has 3 aromatic carbocycles. The van der Waals surface area contributed by atoms with Crippen LogP contribution in [0.2, 0.25) is 0 Å². The number of nitro benzene ring substituents is 1. The van der Waals surface area contributed by atoms with E-state index in [1.54, 1.807) is 42.5 Å². The van der Waals surface area contributed by atoms with Gasteiger partial charge in [0.25, 0.3) is 5.69 Å². The van der Waals surface area contributed by atoms with Crippen molar-refractivity contribution in [2.24, 2.45) is 0 Å². The molecule has 0 saturated heterocycles. The zero-order valence-electron chi connectivity index (χ0n) is 15.0. The molecule has 0 aliphatic carbocycles. The molecule has 0 amide bonds. The van der Waals surface area contributed by atoms with Gasteiger partial charge >= 0.3 is 0 Å².